The van der Waals surface area contributed by atoms with Crippen molar-refractivity contribution in [2.45, 2.75) is 67.4 Å². The zero-order valence-electron chi connectivity index (χ0n) is 17.8. The van der Waals surface area contributed by atoms with E-state index >= 15 is 0 Å². The van der Waals surface area contributed by atoms with Gasteiger partial charge in [0.2, 0.25) is 0 Å². The van der Waals surface area contributed by atoms with Crippen LogP contribution in [-0.4, -0.2) is 0 Å². The molecule has 0 fully saturated rings. The maximum atomic E-state index is 6.47. The van der Waals surface area contributed by atoms with Gasteiger partial charge in [-0.1, -0.05) is 87.8 Å². The Labute approximate surface area is 174 Å². The molecule has 0 amide bonds. The first kappa shape index (κ1) is 22.0. The summed E-state index contributed by atoms with van der Waals surface area (Å²) in [5, 5.41) is 0. The summed E-state index contributed by atoms with van der Waals surface area (Å²) >= 11 is 3.65. The van der Waals surface area contributed by atoms with Crippen molar-refractivity contribution in [3.8, 4) is 5.75 Å². The van der Waals surface area contributed by atoms with E-state index in [1.807, 2.05) is 6.07 Å². The van der Waals surface area contributed by atoms with Crippen LogP contribution in [-0.2, 0) is 25.9 Å². The molecule has 0 aliphatic rings. The van der Waals surface area contributed by atoms with Crippen molar-refractivity contribution in [1.82, 2.24) is 0 Å². The lowest BCUT2D eigenvalue weighted by Crippen LogP contribution is -2.09. The SMILES string of the molecule is CC(C)Cc1cc(CC(C)C)c(OCc2ccccc2Br)c(CC(C)C)c1. The molecule has 2 heteroatoms. The molecule has 1 nitrogen and oxygen atoms in total. The van der Waals surface area contributed by atoms with Gasteiger partial charge in [-0.3, -0.25) is 0 Å². The quantitative estimate of drug-likeness (QED) is 0.397. The third-order valence-corrected chi connectivity index (χ3v) is 5.31. The molecule has 0 spiro atoms. The predicted octanol–water partition coefficient (Wildman–Crippen LogP) is 7.62. The van der Waals surface area contributed by atoms with E-state index < -0.39 is 0 Å². The van der Waals surface area contributed by atoms with Gasteiger partial charge >= 0.3 is 0 Å². The van der Waals surface area contributed by atoms with E-state index in [-0.39, 0.29) is 0 Å². The van der Waals surface area contributed by atoms with E-state index in [4.69, 9.17) is 4.74 Å². The first-order valence-corrected chi connectivity index (χ1v) is 11.1. The second-order valence-electron chi connectivity index (χ2n) is 8.92. The summed E-state index contributed by atoms with van der Waals surface area (Å²) in [4.78, 5) is 0. The topological polar surface area (TPSA) is 9.23 Å². The number of ether oxygens (including phenoxy) is 1. The summed E-state index contributed by atoms with van der Waals surface area (Å²) in [6, 6.07) is 13.1. The number of rotatable bonds is 9. The minimum atomic E-state index is 0.598. The van der Waals surface area contributed by atoms with Crippen LogP contribution in [0.2, 0.25) is 0 Å². The Kier molecular flexibility index (Phi) is 8.41. The van der Waals surface area contributed by atoms with Gasteiger partial charge in [0.1, 0.15) is 12.4 Å². The number of hydrogen-bond donors (Lipinski definition) is 0. The fourth-order valence-corrected chi connectivity index (χ4v) is 3.95. The Balaban J connectivity index is 2.41. The number of benzene rings is 2. The highest BCUT2D eigenvalue weighted by Gasteiger charge is 2.16. The molecule has 27 heavy (non-hydrogen) atoms. The van der Waals surface area contributed by atoms with E-state index in [9.17, 15) is 0 Å². The molecule has 2 rings (SSSR count). The maximum absolute atomic E-state index is 6.47. The Morgan fingerprint density at radius 3 is 1.74 bits per heavy atom. The Morgan fingerprint density at radius 1 is 0.741 bits per heavy atom. The molecular weight excluding hydrogens is 396 g/mol. The van der Waals surface area contributed by atoms with Crippen molar-refractivity contribution in [2.24, 2.45) is 17.8 Å². The van der Waals surface area contributed by atoms with E-state index in [1.165, 1.54) is 22.3 Å². The van der Waals surface area contributed by atoms with Crippen molar-refractivity contribution >= 4 is 15.9 Å². The van der Waals surface area contributed by atoms with Gasteiger partial charge in [-0.25, -0.2) is 0 Å². The number of halogens is 1. The van der Waals surface area contributed by atoms with Crippen molar-refractivity contribution in [2.75, 3.05) is 0 Å². The Bertz CT molecular complexity index is 700. The van der Waals surface area contributed by atoms with Gasteiger partial charge in [-0.2, -0.15) is 0 Å². The zero-order valence-corrected chi connectivity index (χ0v) is 19.4. The zero-order chi connectivity index (χ0) is 20.0. The van der Waals surface area contributed by atoms with Crippen LogP contribution in [0.4, 0.5) is 0 Å². The average Bonchev–Trinajstić information content (AvgIpc) is 2.54. The second-order valence-corrected chi connectivity index (χ2v) is 9.77. The van der Waals surface area contributed by atoms with Crippen LogP contribution in [0.3, 0.4) is 0 Å². The minimum Gasteiger partial charge on any atom is -0.488 e. The van der Waals surface area contributed by atoms with E-state index in [0.29, 0.717) is 24.4 Å². The highest BCUT2D eigenvalue weighted by Crippen LogP contribution is 2.32. The first-order valence-electron chi connectivity index (χ1n) is 10.3. The Hall–Kier alpha value is -1.28. The van der Waals surface area contributed by atoms with Crippen LogP contribution < -0.4 is 4.74 Å². The lowest BCUT2D eigenvalue weighted by molar-refractivity contribution is 0.296. The smallest absolute Gasteiger partial charge is 0.126 e. The van der Waals surface area contributed by atoms with Crippen LogP contribution in [0, 0.1) is 17.8 Å². The lowest BCUT2D eigenvalue weighted by atomic mass is 9.90. The molecule has 0 saturated carbocycles. The summed E-state index contributed by atoms with van der Waals surface area (Å²) < 4.78 is 7.58. The summed E-state index contributed by atoms with van der Waals surface area (Å²) in [7, 11) is 0. The summed E-state index contributed by atoms with van der Waals surface area (Å²) in [5.74, 6) is 2.99. The third-order valence-electron chi connectivity index (χ3n) is 4.53. The summed E-state index contributed by atoms with van der Waals surface area (Å²) in [6.07, 6.45) is 3.24. The van der Waals surface area contributed by atoms with Crippen LogP contribution in [0.5, 0.6) is 5.75 Å². The molecule has 0 unspecified atom stereocenters. The molecule has 0 aromatic heterocycles. The molecule has 0 N–H and O–H groups in total. The fraction of sp³-hybridized carbons (Fsp3) is 0.520. The molecular formula is C25H35BrO. The largest absolute Gasteiger partial charge is 0.488 e. The van der Waals surface area contributed by atoms with Crippen molar-refractivity contribution in [3.63, 3.8) is 0 Å². The summed E-state index contributed by atoms with van der Waals surface area (Å²) in [6.45, 7) is 14.3. The summed E-state index contributed by atoms with van der Waals surface area (Å²) in [5.41, 5.74) is 5.37. The normalized spacial score (nSPS) is 11.6. The highest BCUT2D eigenvalue weighted by atomic mass is 79.9. The Morgan fingerprint density at radius 2 is 1.26 bits per heavy atom. The fourth-order valence-electron chi connectivity index (χ4n) is 3.55. The van der Waals surface area contributed by atoms with Gasteiger partial charge in [0, 0.05) is 10.0 Å². The van der Waals surface area contributed by atoms with E-state index in [2.05, 4.69) is 87.8 Å². The average molecular weight is 431 g/mol. The molecule has 2 aromatic carbocycles. The minimum absolute atomic E-state index is 0.598. The number of hydrogen-bond acceptors (Lipinski definition) is 1. The lowest BCUT2D eigenvalue weighted by Gasteiger charge is -2.21. The van der Waals surface area contributed by atoms with Gasteiger partial charge in [0.05, 0.1) is 0 Å². The second kappa shape index (κ2) is 10.3. The molecule has 148 valence electrons. The molecule has 0 bridgehead atoms. The maximum Gasteiger partial charge on any atom is 0.126 e. The molecule has 2 aromatic rings. The van der Waals surface area contributed by atoms with Crippen molar-refractivity contribution in [1.29, 1.82) is 0 Å². The van der Waals surface area contributed by atoms with E-state index in [0.717, 1.165) is 29.5 Å². The van der Waals surface area contributed by atoms with Gasteiger partial charge in [0.25, 0.3) is 0 Å². The van der Waals surface area contributed by atoms with Crippen molar-refractivity contribution < 1.29 is 4.74 Å². The van der Waals surface area contributed by atoms with Crippen LogP contribution >= 0.6 is 15.9 Å². The van der Waals surface area contributed by atoms with Crippen LogP contribution in [0.15, 0.2) is 40.9 Å². The van der Waals surface area contributed by atoms with Gasteiger partial charge in [-0.15, -0.1) is 0 Å². The van der Waals surface area contributed by atoms with Crippen molar-refractivity contribution in [3.05, 3.63) is 63.1 Å². The molecule has 0 radical (unpaired) electrons. The highest BCUT2D eigenvalue weighted by molar-refractivity contribution is 9.10. The standard InChI is InChI=1S/C25H35BrO/c1-17(2)11-20-14-22(12-18(3)4)25(23(15-20)13-19(5)6)27-16-21-9-7-8-10-24(21)26/h7-10,14-15,17-19H,11-13,16H2,1-6H3. The molecule has 0 atom stereocenters. The molecule has 0 saturated heterocycles. The first-order chi connectivity index (χ1) is 12.8. The monoisotopic (exact) mass is 430 g/mol. The van der Waals surface area contributed by atoms with E-state index in [1.54, 1.807) is 0 Å². The molecule has 0 aliphatic carbocycles. The molecule has 0 aliphatic heterocycles. The predicted molar refractivity (Wildman–Crippen MR) is 121 cm³/mol. The third kappa shape index (κ3) is 6.99. The van der Waals surface area contributed by atoms with Gasteiger partial charge in [0.15, 0.2) is 0 Å². The molecule has 0 heterocycles. The van der Waals surface area contributed by atoms with Gasteiger partial charge in [-0.05, 0) is 59.8 Å². The van der Waals surface area contributed by atoms with Gasteiger partial charge < -0.3 is 4.74 Å². The van der Waals surface area contributed by atoms with Crippen LogP contribution in [0.25, 0.3) is 0 Å². The van der Waals surface area contributed by atoms with Crippen LogP contribution in [0.1, 0.15) is 63.8 Å².